The second kappa shape index (κ2) is 10.1. The van der Waals surface area contributed by atoms with Gasteiger partial charge in [-0.05, 0) is 74.0 Å². The first-order chi connectivity index (χ1) is 12.4. The number of rotatable bonds is 2. The molecule has 3 rings (SSSR count). The highest BCUT2D eigenvalue weighted by Crippen LogP contribution is 2.40. The maximum atomic E-state index is 4.72. The summed E-state index contributed by atoms with van der Waals surface area (Å²) in [4.78, 5) is 7.17. The normalized spacial score (nSPS) is 22.9. The largest absolute Gasteiger partial charge is 0.306 e. The van der Waals surface area contributed by atoms with Gasteiger partial charge >= 0.3 is 0 Å². The highest BCUT2D eigenvalue weighted by molar-refractivity contribution is 5.83. The second-order valence-corrected chi connectivity index (χ2v) is 7.34. The molecule has 1 saturated heterocycles. The van der Waals surface area contributed by atoms with E-state index in [2.05, 4.69) is 63.9 Å². The first kappa shape index (κ1) is 22.6. The lowest BCUT2D eigenvalue weighted by Gasteiger charge is -2.44. The van der Waals surface area contributed by atoms with Crippen LogP contribution >= 0.6 is 0 Å². The number of piperidine rings is 1. The lowest BCUT2D eigenvalue weighted by Crippen LogP contribution is -2.45. The van der Waals surface area contributed by atoms with Crippen LogP contribution in [0.4, 0.5) is 0 Å². The molecule has 1 aromatic heterocycles. The van der Waals surface area contributed by atoms with Gasteiger partial charge in [0.15, 0.2) is 0 Å². The van der Waals surface area contributed by atoms with Gasteiger partial charge in [-0.1, -0.05) is 54.5 Å². The number of nitrogens with zero attached hydrogens (tertiary/aromatic N) is 2. The number of hydrogen-bond acceptors (Lipinski definition) is 2. The van der Waals surface area contributed by atoms with Crippen LogP contribution in [0.25, 0.3) is 10.9 Å². The van der Waals surface area contributed by atoms with Gasteiger partial charge in [0.1, 0.15) is 0 Å². The van der Waals surface area contributed by atoms with E-state index in [1.807, 2.05) is 27.7 Å². The zero-order valence-electron chi connectivity index (χ0n) is 18.6. The summed E-state index contributed by atoms with van der Waals surface area (Å²) in [6.45, 7) is 19.5. The van der Waals surface area contributed by atoms with E-state index in [4.69, 9.17) is 4.98 Å². The Morgan fingerprint density at radius 2 is 1.81 bits per heavy atom. The van der Waals surface area contributed by atoms with E-state index >= 15 is 0 Å². The molecule has 146 valence electrons. The van der Waals surface area contributed by atoms with Crippen molar-refractivity contribution < 1.29 is 0 Å². The van der Waals surface area contributed by atoms with E-state index in [1.165, 1.54) is 36.0 Å². The third-order valence-electron chi connectivity index (χ3n) is 5.75. The molecule has 0 radical (unpaired) electrons. The zero-order chi connectivity index (χ0) is 19.9. The molecule has 0 bridgehead atoms. The van der Waals surface area contributed by atoms with Crippen LogP contribution in [-0.4, -0.2) is 30.0 Å². The molecular weight excluding hydrogens is 316 g/mol. The average molecular weight is 357 g/mol. The molecule has 2 aromatic rings. The fourth-order valence-corrected chi connectivity index (χ4v) is 3.95. The molecule has 26 heavy (non-hydrogen) atoms. The quantitative estimate of drug-likeness (QED) is 0.620. The number of likely N-dealkylation sites (tertiary alicyclic amines) is 1. The maximum absolute atomic E-state index is 4.72. The number of aromatic nitrogens is 1. The molecule has 1 fully saturated rings. The molecule has 1 aliphatic rings. The predicted molar refractivity (Wildman–Crippen MR) is 117 cm³/mol. The molecule has 1 aliphatic heterocycles. The molecule has 1 aromatic carbocycles. The summed E-state index contributed by atoms with van der Waals surface area (Å²) < 4.78 is 0. The molecule has 2 heteroatoms. The van der Waals surface area contributed by atoms with Crippen LogP contribution in [0.2, 0.25) is 0 Å². The standard InChI is InChI=1S/C20H28N2.2C2H6/c1-6-16-11-15(3)21-19-8-7-17(12-18(16)19)20(4)9-10-22(5)13-14(20)2;2*1-2/h7-8,11-12,14H,6,9-10,13H2,1-5H3;2*1-2H3. The van der Waals surface area contributed by atoms with Gasteiger partial charge in [-0.3, -0.25) is 4.98 Å². The monoisotopic (exact) mass is 356 g/mol. The molecule has 2 nitrogen and oxygen atoms in total. The van der Waals surface area contributed by atoms with Crippen LogP contribution in [0.1, 0.15) is 71.7 Å². The van der Waals surface area contributed by atoms with Crippen molar-refractivity contribution in [2.24, 2.45) is 5.92 Å². The van der Waals surface area contributed by atoms with Crippen LogP contribution in [0.3, 0.4) is 0 Å². The van der Waals surface area contributed by atoms with Crippen molar-refractivity contribution in [3.63, 3.8) is 0 Å². The third-order valence-corrected chi connectivity index (χ3v) is 5.75. The molecule has 0 saturated carbocycles. The number of pyridine rings is 1. The van der Waals surface area contributed by atoms with Gasteiger partial charge < -0.3 is 4.90 Å². The Hall–Kier alpha value is -1.41. The van der Waals surface area contributed by atoms with Crippen molar-refractivity contribution in [1.29, 1.82) is 0 Å². The molecule has 0 N–H and O–H groups in total. The summed E-state index contributed by atoms with van der Waals surface area (Å²) in [6.07, 6.45) is 2.30. The summed E-state index contributed by atoms with van der Waals surface area (Å²) in [5, 5.41) is 1.35. The SMILES string of the molecule is CC.CC.CCc1cc(C)nc2ccc(C3(C)CCN(C)CC3C)cc12. The van der Waals surface area contributed by atoms with E-state index in [0.717, 1.165) is 17.6 Å². The Labute approximate surface area is 162 Å². The van der Waals surface area contributed by atoms with Gasteiger partial charge in [-0.15, -0.1) is 0 Å². The van der Waals surface area contributed by atoms with Gasteiger partial charge in [-0.25, -0.2) is 0 Å². The molecule has 0 spiro atoms. The van der Waals surface area contributed by atoms with Crippen molar-refractivity contribution in [1.82, 2.24) is 9.88 Å². The molecule has 2 atom stereocenters. The van der Waals surface area contributed by atoms with Gasteiger partial charge in [0, 0.05) is 17.6 Å². The van der Waals surface area contributed by atoms with E-state index in [-0.39, 0.29) is 5.41 Å². The van der Waals surface area contributed by atoms with E-state index in [0.29, 0.717) is 5.92 Å². The minimum Gasteiger partial charge on any atom is -0.306 e. The minimum absolute atomic E-state index is 0.274. The van der Waals surface area contributed by atoms with Crippen LogP contribution in [0.5, 0.6) is 0 Å². The molecule has 2 unspecified atom stereocenters. The highest BCUT2D eigenvalue weighted by Gasteiger charge is 2.37. The molecule has 2 heterocycles. The van der Waals surface area contributed by atoms with Gasteiger partial charge in [-0.2, -0.15) is 0 Å². The Balaban J connectivity index is 0.000000791. The summed E-state index contributed by atoms with van der Waals surface area (Å²) in [7, 11) is 2.23. The van der Waals surface area contributed by atoms with Crippen LogP contribution in [0, 0.1) is 12.8 Å². The van der Waals surface area contributed by atoms with Crippen LogP contribution < -0.4 is 0 Å². The topological polar surface area (TPSA) is 16.1 Å². The summed E-state index contributed by atoms with van der Waals surface area (Å²) in [5.41, 5.74) is 5.45. The molecule has 0 aliphatic carbocycles. The first-order valence-corrected chi connectivity index (χ1v) is 10.5. The third kappa shape index (κ3) is 4.65. The van der Waals surface area contributed by atoms with E-state index in [1.54, 1.807) is 0 Å². The van der Waals surface area contributed by atoms with Crippen molar-refractivity contribution in [3.05, 3.63) is 41.1 Å². The number of hydrogen-bond donors (Lipinski definition) is 0. The lowest BCUT2D eigenvalue weighted by molar-refractivity contribution is 0.134. The summed E-state index contributed by atoms with van der Waals surface area (Å²) >= 11 is 0. The Bertz CT molecular complexity index is 692. The molecular formula is C24H40N2. The fourth-order valence-electron chi connectivity index (χ4n) is 3.95. The lowest BCUT2D eigenvalue weighted by atomic mass is 9.68. The van der Waals surface area contributed by atoms with Crippen LogP contribution in [-0.2, 0) is 11.8 Å². The highest BCUT2D eigenvalue weighted by atomic mass is 15.1. The van der Waals surface area contributed by atoms with Gasteiger partial charge in [0.2, 0.25) is 0 Å². The minimum atomic E-state index is 0.274. The second-order valence-electron chi connectivity index (χ2n) is 7.34. The molecule has 0 amide bonds. The summed E-state index contributed by atoms with van der Waals surface area (Å²) in [5.74, 6) is 0.673. The smallest absolute Gasteiger partial charge is 0.0708 e. The van der Waals surface area contributed by atoms with E-state index in [9.17, 15) is 0 Å². The fraction of sp³-hybridized carbons (Fsp3) is 0.625. The Morgan fingerprint density at radius 1 is 1.15 bits per heavy atom. The number of aryl methyl sites for hydroxylation is 2. The number of benzene rings is 1. The van der Waals surface area contributed by atoms with Crippen molar-refractivity contribution in [2.75, 3.05) is 20.1 Å². The Morgan fingerprint density at radius 3 is 2.38 bits per heavy atom. The zero-order valence-corrected chi connectivity index (χ0v) is 18.6. The van der Waals surface area contributed by atoms with Gasteiger partial charge in [0.25, 0.3) is 0 Å². The van der Waals surface area contributed by atoms with Crippen molar-refractivity contribution in [2.45, 2.75) is 73.6 Å². The van der Waals surface area contributed by atoms with E-state index < -0.39 is 0 Å². The first-order valence-electron chi connectivity index (χ1n) is 10.5. The Kier molecular flexibility index (Phi) is 8.76. The van der Waals surface area contributed by atoms with Crippen molar-refractivity contribution >= 4 is 10.9 Å². The van der Waals surface area contributed by atoms with Crippen molar-refractivity contribution in [3.8, 4) is 0 Å². The average Bonchev–Trinajstić information content (AvgIpc) is 2.67. The van der Waals surface area contributed by atoms with Crippen LogP contribution in [0.15, 0.2) is 24.3 Å². The summed E-state index contributed by atoms with van der Waals surface area (Å²) in [6, 6.07) is 9.21. The number of fused-ring (bicyclic) bond motifs is 1. The predicted octanol–water partition coefficient (Wildman–Crippen LogP) is 6.39. The maximum Gasteiger partial charge on any atom is 0.0708 e. The van der Waals surface area contributed by atoms with Gasteiger partial charge in [0.05, 0.1) is 5.52 Å².